The van der Waals surface area contributed by atoms with Gasteiger partial charge in [0.15, 0.2) is 0 Å². The molecule has 6 heteroatoms. The fourth-order valence-electron chi connectivity index (χ4n) is 2.32. The van der Waals surface area contributed by atoms with E-state index < -0.39 is 11.0 Å². The molecule has 0 spiro atoms. The van der Waals surface area contributed by atoms with Crippen molar-refractivity contribution in [3.8, 4) is 0 Å². The highest BCUT2D eigenvalue weighted by molar-refractivity contribution is 5.21. The molecule has 0 aliphatic heterocycles. The molecule has 0 bridgehead atoms. The van der Waals surface area contributed by atoms with Gasteiger partial charge in [-0.2, -0.15) is 9.83 Å². The van der Waals surface area contributed by atoms with Gasteiger partial charge in [-0.15, -0.1) is 0 Å². The number of hydrogen-bond donors (Lipinski definition) is 1. The van der Waals surface area contributed by atoms with Crippen molar-refractivity contribution in [2.75, 3.05) is 0 Å². The molecule has 0 aromatic carbocycles. The summed E-state index contributed by atoms with van der Waals surface area (Å²) in [5.41, 5.74) is 0.348. The lowest BCUT2D eigenvalue weighted by Crippen LogP contribution is -2.34. The average molecular weight is 317 g/mol. The highest BCUT2D eigenvalue weighted by atomic mass is 16.5. The second-order valence-corrected chi connectivity index (χ2v) is 7.47. The van der Waals surface area contributed by atoms with Gasteiger partial charge in [-0.25, -0.2) is 4.68 Å². The summed E-state index contributed by atoms with van der Waals surface area (Å²) in [7, 11) is 0. The molecule has 0 unspecified atom stereocenters. The summed E-state index contributed by atoms with van der Waals surface area (Å²) in [6.45, 7) is 10.3. The minimum absolute atomic E-state index is 0.133. The third-order valence-electron chi connectivity index (χ3n) is 3.96. The zero-order chi connectivity index (χ0) is 17.4. The average Bonchev–Trinajstić information content (AvgIpc) is 2.42. The van der Waals surface area contributed by atoms with Crippen LogP contribution in [0.3, 0.4) is 0 Å². The van der Waals surface area contributed by atoms with Gasteiger partial charge < -0.3 is 5.21 Å². The molecule has 2 aromatic heterocycles. The van der Waals surface area contributed by atoms with Gasteiger partial charge in [0.1, 0.15) is 0 Å². The van der Waals surface area contributed by atoms with Crippen molar-refractivity contribution >= 4 is 0 Å². The molecule has 0 saturated carbocycles. The molecule has 2 rings (SSSR count). The Morgan fingerprint density at radius 3 is 2.17 bits per heavy atom. The minimum Gasteiger partial charge on any atom is -0.425 e. The predicted octanol–water partition coefficient (Wildman–Crippen LogP) is 1.92. The lowest BCUT2D eigenvalue weighted by atomic mass is 9.85. The van der Waals surface area contributed by atoms with Crippen LogP contribution in [0.5, 0.6) is 0 Å². The van der Waals surface area contributed by atoms with Crippen LogP contribution in [0.4, 0.5) is 0 Å². The molecule has 0 atom stereocenters. The summed E-state index contributed by atoms with van der Waals surface area (Å²) in [6, 6.07) is 4.64. The Labute approximate surface area is 135 Å². The van der Waals surface area contributed by atoms with Crippen LogP contribution in [-0.2, 0) is 17.4 Å². The van der Waals surface area contributed by atoms with Gasteiger partial charge in [0.25, 0.3) is 11.1 Å². The normalized spacial score (nSPS) is 12.4. The molecular formula is C17H23N3O3. The van der Waals surface area contributed by atoms with E-state index in [9.17, 15) is 14.8 Å². The third kappa shape index (κ3) is 3.70. The minimum atomic E-state index is -0.501. The highest BCUT2D eigenvalue weighted by Gasteiger charge is 2.24. The van der Waals surface area contributed by atoms with E-state index in [2.05, 4.69) is 5.10 Å². The van der Waals surface area contributed by atoms with E-state index >= 15 is 0 Å². The van der Waals surface area contributed by atoms with E-state index in [0.29, 0.717) is 11.3 Å². The van der Waals surface area contributed by atoms with Crippen molar-refractivity contribution in [1.82, 2.24) is 14.5 Å². The summed E-state index contributed by atoms with van der Waals surface area (Å²) < 4.78 is 1.93. The van der Waals surface area contributed by atoms with Gasteiger partial charge in [-0.3, -0.25) is 9.59 Å². The number of pyridine rings is 1. The lowest BCUT2D eigenvalue weighted by molar-refractivity contribution is 0.174. The van der Waals surface area contributed by atoms with Crippen LogP contribution < -0.4 is 11.1 Å². The molecule has 0 aliphatic rings. The maximum Gasteiger partial charge on any atom is 0.283 e. The topological polar surface area (TPSA) is 77.1 Å². The quantitative estimate of drug-likeness (QED) is 0.877. The van der Waals surface area contributed by atoms with Gasteiger partial charge in [0, 0.05) is 23.7 Å². The second-order valence-electron chi connectivity index (χ2n) is 7.47. The van der Waals surface area contributed by atoms with Crippen LogP contribution in [-0.4, -0.2) is 19.7 Å². The van der Waals surface area contributed by atoms with Crippen molar-refractivity contribution in [3.05, 3.63) is 62.4 Å². The summed E-state index contributed by atoms with van der Waals surface area (Å²) in [5, 5.41) is 13.6. The summed E-state index contributed by atoms with van der Waals surface area (Å²) in [6.07, 6.45) is 3.02. The van der Waals surface area contributed by atoms with Crippen LogP contribution in [0, 0.1) is 0 Å². The monoisotopic (exact) mass is 317 g/mol. The van der Waals surface area contributed by atoms with Crippen LogP contribution in [0.25, 0.3) is 0 Å². The van der Waals surface area contributed by atoms with E-state index in [4.69, 9.17) is 0 Å². The Morgan fingerprint density at radius 1 is 1.04 bits per heavy atom. The van der Waals surface area contributed by atoms with Crippen molar-refractivity contribution < 1.29 is 5.21 Å². The zero-order valence-electron chi connectivity index (χ0n) is 14.2. The van der Waals surface area contributed by atoms with Crippen molar-refractivity contribution in [2.45, 2.75) is 52.0 Å². The Balaban J connectivity index is 2.35. The zero-order valence-corrected chi connectivity index (χ0v) is 14.2. The van der Waals surface area contributed by atoms with Crippen LogP contribution >= 0.6 is 0 Å². The SMILES string of the molecule is CC(C)(C)c1cnn(CC(C)(C)c2ccn(O)c(=O)c2)c(=O)c1. The fourth-order valence-corrected chi connectivity index (χ4v) is 2.32. The van der Waals surface area contributed by atoms with E-state index in [1.54, 1.807) is 18.3 Å². The fraction of sp³-hybridized carbons (Fsp3) is 0.471. The van der Waals surface area contributed by atoms with E-state index in [1.165, 1.54) is 16.9 Å². The Kier molecular flexibility index (Phi) is 4.20. The summed E-state index contributed by atoms with van der Waals surface area (Å²) in [4.78, 5) is 23.9. The van der Waals surface area contributed by atoms with Crippen molar-refractivity contribution in [1.29, 1.82) is 0 Å². The molecule has 2 heterocycles. The van der Waals surface area contributed by atoms with Gasteiger partial charge in [0.05, 0.1) is 12.7 Å². The summed E-state index contributed by atoms with van der Waals surface area (Å²) in [5.74, 6) is 0. The lowest BCUT2D eigenvalue weighted by Gasteiger charge is -2.26. The van der Waals surface area contributed by atoms with E-state index in [-0.39, 0.29) is 11.0 Å². The molecule has 2 aromatic rings. The van der Waals surface area contributed by atoms with Crippen molar-refractivity contribution in [2.24, 2.45) is 0 Å². The molecule has 0 aliphatic carbocycles. The van der Waals surface area contributed by atoms with Crippen molar-refractivity contribution in [3.63, 3.8) is 0 Å². The molecule has 124 valence electrons. The molecule has 0 saturated heterocycles. The Bertz CT molecular complexity index is 826. The standard InChI is InChI=1S/C17H23N3O3/c1-16(2,3)13-9-14(21)19(18-10-13)11-17(4,5)12-6-7-20(23)15(22)8-12/h6-10,23H,11H2,1-5H3. The second kappa shape index (κ2) is 5.68. The molecule has 6 nitrogen and oxygen atoms in total. The maximum atomic E-state index is 12.3. The van der Waals surface area contributed by atoms with Gasteiger partial charge in [0.2, 0.25) is 0 Å². The highest BCUT2D eigenvalue weighted by Crippen LogP contribution is 2.24. The first-order valence-corrected chi connectivity index (χ1v) is 7.51. The first-order valence-electron chi connectivity index (χ1n) is 7.51. The maximum absolute atomic E-state index is 12.3. The molecule has 0 amide bonds. The Morgan fingerprint density at radius 2 is 1.65 bits per heavy atom. The first kappa shape index (κ1) is 17.0. The number of nitrogens with zero attached hydrogens (tertiary/aromatic N) is 3. The third-order valence-corrected chi connectivity index (χ3v) is 3.96. The summed E-state index contributed by atoms with van der Waals surface area (Å²) >= 11 is 0. The smallest absolute Gasteiger partial charge is 0.283 e. The van der Waals surface area contributed by atoms with Crippen LogP contribution in [0.15, 0.2) is 40.2 Å². The van der Waals surface area contributed by atoms with Crippen LogP contribution in [0.1, 0.15) is 45.7 Å². The van der Waals surface area contributed by atoms with Gasteiger partial charge in [-0.1, -0.05) is 34.6 Å². The largest absolute Gasteiger partial charge is 0.425 e. The molecule has 0 fully saturated rings. The number of aromatic nitrogens is 3. The predicted molar refractivity (Wildman–Crippen MR) is 88.1 cm³/mol. The first-order chi connectivity index (χ1) is 10.5. The molecule has 0 radical (unpaired) electrons. The van der Waals surface area contributed by atoms with Gasteiger partial charge >= 0.3 is 0 Å². The van der Waals surface area contributed by atoms with Crippen LogP contribution in [0.2, 0.25) is 0 Å². The molecular weight excluding hydrogens is 294 g/mol. The Hall–Kier alpha value is -2.37. The van der Waals surface area contributed by atoms with E-state index in [1.807, 2.05) is 34.6 Å². The molecule has 1 N–H and O–H groups in total. The van der Waals surface area contributed by atoms with E-state index in [0.717, 1.165) is 11.1 Å². The van der Waals surface area contributed by atoms with Gasteiger partial charge in [-0.05, 0) is 22.6 Å². The molecule has 23 heavy (non-hydrogen) atoms. The number of hydrogen-bond acceptors (Lipinski definition) is 4. The number of rotatable bonds is 3.